The molecule has 5 rings (SSSR count). The number of ether oxygens (including phenoxy) is 2. The monoisotopic (exact) mass is 467 g/mol. The Bertz CT molecular complexity index is 1350. The van der Waals surface area contributed by atoms with Crippen LogP contribution in [0.15, 0.2) is 42.5 Å². The standard InChI is InChI=1S/C29H29N3O3/c1-3-34-24-15-16-25-26(8-5-17-30)28(32(27(25)18-24)23-6-4-7-23)21-11-13-22(14-12-21)31-29(33)35-19(2)20-9-10-20/h11-16,18-20,23H,3-4,6-7,9-10H2,1-2H3,(H,31,33). The summed E-state index contributed by atoms with van der Waals surface area (Å²) in [4.78, 5) is 12.3. The van der Waals surface area contributed by atoms with Gasteiger partial charge in [0.1, 0.15) is 11.9 Å². The topological polar surface area (TPSA) is 76.3 Å². The van der Waals surface area contributed by atoms with Gasteiger partial charge in [0.15, 0.2) is 6.07 Å². The van der Waals surface area contributed by atoms with Gasteiger partial charge in [0.25, 0.3) is 0 Å². The number of hydrogen-bond donors (Lipinski definition) is 1. The second-order valence-corrected chi connectivity index (χ2v) is 9.30. The van der Waals surface area contributed by atoms with Crippen molar-refractivity contribution in [2.45, 2.75) is 58.1 Å². The fraction of sp³-hybridized carbons (Fsp3) is 0.379. The van der Waals surface area contributed by atoms with Gasteiger partial charge >= 0.3 is 6.09 Å². The first-order chi connectivity index (χ1) is 17.1. The van der Waals surface area contributed by atoms with E-state index < -0.39 is 6.09 Å². The van der Waals surface area contributed by atoms with Gasteiger partial charge in [-0.25, -0.2) is 4.79 Å². The van der Waals surface area contributed by atoms with Crippen molar-refractivity contribution in [1.82, 2.24) is 4.57 Å². The number of nitriles is 1. The second kappa shape index (κ2) is 9.76. The molecule has 2 aliphatic carbocycles. The van der Waals surface area contributed by atoms with Crippen molar-refractivity contribution in [2.75, 3.05) is 11.9 Å². The van der Waals surface area contributed by atoms with Crippen LogP contribution >= 0.6 is 0 Å². The highest BCUT2D eigenvalue weighted by molar-refractivity contribution is 5.96. The van der Waals surface area contributed by atoms with Crippen LogP contribution < -0.4 is 10.1 Å². The predicted octanol–water partition coefficient (Wildman–Crippen LogP) is 6.65. The van der Waals surface area contributed by atoms with Gasteiger partial charge < -0.3 is 14.0 Å². The number of carbonyl (C=O) groups excluding carboxylic acids is 1. The highest BCUT2D eigenvalue weighted by Gasteiger charge is 2.31. The Hall–Kier alpha value is -3.90. The van der Waals surface area contributed by atoms with Crippen molar-refractivity contribution >= 4 is 22.7 Å². The average Bonchev–Trinajstić information content (AvgIpc) is 3.62. The Labute approximate surface area is 205 Å². The molecule has 6 heteroatoms. The summed E-state index contributed by atoms with van der Waals surface area (Å²) in [6.45, 7) is 4.52. The van der Waals surface area contributed by atoms with Gasteiger partial charge in [0.05, 0.1) is 23.4 Å². The van der Waals surface area contributed by atoms with E-state index in [1.807, 2.05) is 56.3 Å². The van der Waals surface area contributed by atoms with Crippen LogP contribution in [0.4, 0.5) is 10.5 Å². The van der Waals surface area contributed by atoms with Gasteiger partial charge in [-0.1, -0.05) is 12.1 Å². The lowest BCUT2D eigenvalue weighted by Gasteiger charge is -2.30. The lowest BCUT2D eigenvalue weighted by molar-refractivity contribution is 0.108. The lowest BCUT2D eigenvalue weighted by atomic mass is 9.92. The Morgan fingerprint density at radius 1 is 1.17 bits per heavy atom. The summed E-state index contributed by atoms with van der Waals surface area (Å²) in [5.41, 5.74) is 4.57. The minimum Gasteiger partial charge on any atom is -0.494 e. The van der Waals surface area contributed by atoms with Crippen molar-refractivity contribution in [3.63, 3.8) is 0 Å². The van der Waals surface area contributed by atoms with Crippen molar-refractivity contribution in [3.05, 3.63) is 48.0 Å². The molecule has 178 valence electrons. The molecular weight excluding hydrogens is 438 g/mol. The van der Waals surface area contributed by atoms with E-state index in [0.29, 0.717) is 24.3 Å². The molecule has 3 aromatic rings. The first-order valence-corrected chi connectivity index (χ1v) is 12.4. The largest absolute Gasteiger partial charge is 0.494 e. The molecule has 1 heterocycles. The minimum absolute atomic E-state index is 0.0599. The number of aromatic nitrogens is 1. The van der Waals surface area contributed by atoms with Crippen LogP contribution in [-0.4, -0.2) is 23.4 Å². The van der Waals surface area contributed by atoms with Crippen molar-refractivity contribution < 1.29 is 14.3 Å². The summed E-state index contributed by atoms with van der Waals surface area (Å²) in [7, 11) is 0. The molecule has 35 heavy (non-hydrogen) atoms. The average molecular weight is 468 g/mol. The van der Waals surface area contributed by atoms with Crippen LogP contribution in [0.3, 0.4) is 0 Å². The Morgan fingerprint density at radius 3 is 2.57 bits per heavy atom. The van der Waals surface area contributed by atoms with Gasteiger partial charge in [-0.15, -0.1) is 0 Å². The van der Waals surface area contributed by atoms with E-state index in [2.05, 4.69) is 27.8 Å². The summed E-state index contributed by atoms with van der Waals surface area (Å²) in [5, 5.41) is 13.0. The zero-order valence-electron chi connectivity index (χ0n) is 20.1. The number of carbonyl (C=O) groups is 1. The third kappa shape index (κ3) is 4.70. The molecule has 1 atom stereocenters. The molecule has 2 saturated carbocycles. The smallest absolute Gasteiger partial charge is 0.411 e. The van der Waals surface area contributed by atoms with E-state index >= 15 is 0 Å². The van der Waals surface area contributed by atoms with Gasteiger partial charge in [-0.05, 0) is 87.6 Å². The maximum Gasteiger partial charge on any atom is 0.411 e. The lowest BCUT2D eigenvalue weighted by Crippen LogP contribution is -2.21. The molecule has 0 bridgehead atoms. The van der Waals surface area contributed by atoms with E-state index in [1.54, 1.807) is 0 Å². The summed E-state index contributed by atoms with van der Waals surface area (Å²) < 4.78 is 13.6. The number of nitrogens with zero attached hydrogens (tertiary/aromatic N) is 2. The molecule has 0 spiro atoms. The van der Waals surface area contributed by atoms with Crippen LogP contribution in [-0.2, 0) is 4.74 Å². The molecule has 0 saturated heterocycles. The fourth-order valence-corrected chi connectivity index (χ4v) is 4.76. The zero-order valence-corrected chi connectivity index (χ0v) is 20.1. The molecular formula is C29H29N3O3. The van der Waals surface area contributed by atoms with Crippen LogP contribution in [0.5, 0.6) is 5.75 Å². The summed E-state index contributed by atoms with van der Waals surface area (Å²) in [6, 6.07) is 16.1. The zero-order chi connectivity index (χ0) is 24.4. The Balaban J connectivity index is 1.53. The SMILES string of the molecule is CCOc1ccc2c(C#CC#N)c(-c3ccc(NC(=O)OC(C)C4CC4)cc3)n(C3CCC3)c2c1. The third-order valence-corrected chi connectivity index (χ3v) is 6.95. The molecule has 6 nitrogen and oxygen atoms in total. The normalized spacial score (nSPS) is 15.9. The highest BCUT2D eigenvalue weighted by Crippen LogP contribution is 2.43. The van der Waals surface area contributed by atoms with Crippen molar-refractivity contribution in [1.29, 1.82) is 5.26 Å². The summed E-state index contributed by atoms with van der Waals surface area (Å²) in [5.74, 6) is 7.02. The first kappa shape index (κ1) is 22.9. The maximum absolute atomic E-state index is 12.3. The molecule has 1 unspecified atom stereocenters. The van der Waals surface area contributed by atoms with Crippen LogP contribution in [0.25, 0.3) is 22.2 Å². The number of rotatable bonds is 7. The van der Waals surface area contributed by atoms with Crippen LogP contribution in [0.2, 0.25) is 0 Å². The number of hydrogen-bond acceptors (Lipinski definition) is 4. The number of anilines is 1. The molecule has 2 fully saturated rings. The van der Waals surface area contributed by atoms with Gasteiger partial charge in [-0.2, -0.15) is 5.26 Å². The van der Waals surface area contributed by atoms with Crippen LogP contribution in [0, 0.1) is 29.1 Å². The van der Waals surface area contributed by atoms with Crippen molar-refractivity contribution in [3.8, 4) is 34.9 Å². The van der Waals surface area contributed by atoms with E-state index in [4.69, 9.17) is 14.7 Å². The summed E-state index contributed by atoms with van der Waals surface area (Å²) in [6.07, 6.45) is 5.16. The van der Waals surface area contributed by atoms with Gasteiger partial charge in [0.2, 0.25) is 0 Å². The maximum atomic E-state index is 12.3. The number of fused-ring (bicyclic) bond motifs is 1. The molecule has 2 aromatic carbocycles. The van der Waals surface area contributed by atoms with E-state index in [9.17, 15) is 4.79 Å². The van der Waals surface area contributed by atoms with E-state index in [0.717, 1.165) is 59.2 Å². The first-order valence-electron chi connectivity index (χ1n) is 12.4. The third-order valence-electron chi connectivity index (χ3n) is 6.95. The molecule has 0 radical (unpaired) electrons. The molecule has 2 aliphatic rings. The van der Waals surface area contributed by atoms with E-state index in [1.165, 1.54) is 6.42 Å². The minimum atomic E-state index is -0.426. The molecule has 1 N–H and O–H groups in total. The molecule has 1 amide bonds. The number of amides is 1. The van der Waals surface area contributed by atoms with Gasteiger partial charge in [-0.3, -0.25) is 5.32 Å². The van der Waals surface area contributed by atoms with Crippen LogP contribution in [0.1, 0.15) is 57.6 Å². The second-order valence-electron chi connectivity index (χ2n) is 9.30. The summed E-state index contributed by atoms with van der Waals surface area (Å²) >= 11 is 0. The van der Waals surface area contributed by atoms with Crippen molar-refractivity contribution in [2.24, 2.45) is 5.92 Å². The highest BCUT2D eigenvalue weighted by atomic mass is 16.6. The quantitative estimate of drug-likeness (QED) is 0.395. The number of benzene rings is 2. The molecule has 1 aromatic heterocycles. The Kier molecular flexibility index (Phi) is 6.38. The van der Waals surface area contributed by atoms with Gasteiger partial charge in [0, 0.05) is 29.1 Å². The predicted molar refractivity (Wildman–Crippen MR) is 136 cm³/mol. The Morgan fingerprint density at radius 2 is 1.94 bits per heavy atom. The fourth-order valence-electron chi connectivity index (χ4n) is 4.76. The van der Waals surface area contributed by atoms with E-state index in [-0.39, 0.29) is 6.10 Å². The number of nitrogens with one attached hydrogen (secondary N) is 1. The molecule has 0 aliphatic heterocycles.